The van der Waals surface area contributed by atoms with Crippen molar-refractivity contribution >= 4 is 145 Å². The van der Waals surface area contributed by atoms with Crippen LogP contribution in [0.5, 0.6) is 0 Å². The summed E-state index contributed by atoms with van der Waals surface area (Å²) < 4.78 is 65.9. The van der Waals surface area contributed by atoms with Gasteiger partial charge in [-0.2, -0.15) is 0 Å². The van der Waals surface area contributed by atoms with Crippen molar-refractivity contribution in [2.75, 3.05) is 9.80 Å². The average molecular weight is 1370 g/mol. The van der Waals surface area contributed by atoms with Crippen LogP contribution in [-0.4, -0.2) is 15.8 Å². The van der Waals surface area contributed by atoms with Crippen molar-refractivity contribution < 1.29 is 15.7 Å². The molecule has 18 aromatic rings. The van der Waals surface area contributed by atoms with Crippen LogP contribution in [-0.2, 0) is 16.2 Å². The van der Waals surface area contributed by atoms with Gasteiger partial charge >= 0.3 is 0 Å². The molecule has 0 atom stereocenters. The number of aromatic nitrogens is 2. The fourth-order valence-corrected chi connectivity index (χ4v) is 17.4. The molecule has 6 heterocycles. The zero-order valence-electron chi connectivity index (χ0n) is 66.5. The van der Waals surface area contributed by atoms with Crippen LogP contribution in [0.4, 0.5) is 34.1 Å². The number of anilines is 6. The molecule has 0 spiro atoms. The molecule has 0 unspecified atom stereocenters. The first-order valence-electron chi connectivity index (χ1n) is 39.7. The predicted molar refractivity (Wildman–Crippen MR) is 450 cm³/mol. The molecule has 0 saturated carbocycles. The molecule has 6 nitrogen and oxygen atoms in total. The van der Waals surface area contributed by atoms with Gasteiger partial charge in [-0.3, -0.25) is 0 Å². The minimum Gasteiger partial charge on any atom is -0.456 e. The molecule has 7 heteroatoms. The summed E-state index contributed by atoms with van der Waals surface area (Å²) in [6, 6.07) is 91.5. The maximum atomic E-state index is 9.72. The number of hydrogen-bond acceptors (Lipinski definition) is 4. The maximum Gasteiger partial charge on any atom is 0.252 e. The third-order valence-electron chi connectivity index (χ3n) is 22.8. The summed E-state index contributed by atoms with van der Waals surface area (Å²) in [6.07, 6.45) is 0. The van der Waals surface area contributed by atoms with Crippen LogP contribution in [0.1, 0.15) is 111 Å². The topological polar surface area (TPSA) is 42.6 Å². The SMILES string of the molecule is [2H]c1c([2H])c([2H])c(-c2ccc3c(c2)N(c2c(-c4ccccc4)ccc4oc5ccccc5c24)c2cc(-n4c5ccc(C(C)(C)C)cc5c5cc(C(C)(C)C)ccc54)cc4c2B3c2ccc(-n3c5ccc(C(C)C)cc5c5cc(C(C)(C)C)ccc53)cc2N4c2c(-c3ccccc3)ccc3oc4ccccc4c23)c([2H])c1[2H]. The van der Waals surface area contributed by atoms with Gasteiger partial charge in [0.1, 0.15) is 22.3 Å². The lowest BCUT2D eigenvalue weighted by Crippen LogP contribution is -2.61. The van der Waals surface area contributed by atoms with Gasteiger partial charge in [0, 0.05) is 71.9 Å². The van der Waals surface area contributed by atoms with E-state index in [4.69, 9.17) is 10.2 Å². The number of benzene rings is 14. The second-order valence-corrected chi connectivity index (χ2v) is 32.7. The first-order valence-corrected chi connectivity index (χ1v) is 37.2. The first-order chi connectivity index (χ1) is 53.4. The maximum absolute atomic E-state index is 9.72. The number of rotatable bonds is 8. The zero-order chi connectivity index (χ0) is 76.3. The van der Waals surface area contributed by atoms with Crippen molar-refractivity contribution in [3.63, 3.8) is 0 Å². The van der Waals surface area contributed by atoms with Crippen LogP contribution in [0.15, 0.2) is 294 Å². The van der Waals surface area contributed by atoms with E-state index in [2.05, 4.69) is 332 Å². The van der Waals surface area contributed by atoms with Gasteiger partial charge in [-0.05, 0) is 198 Å². The Kier molecular flexibility index (Phi) is 12.8. The van der Waals surface area contributed by atoms with Gasteiger partial charge in [-0.1, -0.05) is 246 Å². The normalized spacial score (nSPS) is 13.9. The van der Waals surface area contributed by atoms with E-state index in [0.29, 0.717) is 17.1 Å². The Hall–Kier alpha value is -12.1. The van der Waals surface area contributed by atoms with E-state index in [9.17, 15) is 5.48 Å². The molecular weight excluding hydrogens is 1290 g/mol. The monoisotopic (exact) mass is 1370 g/mol. The molecule has 106 heavy (non-hydrogen) atoms. The van der Waals surface area contributed by atoms with Gasteiger partial charge in [0.15, 0.2) is 0 Å². The molecular formula is C99H81BN4O2. The molecule has 0 aliphatic carbocycles. The summed E-state index contributed by atoms with van der Waals surface area (Å²) in [6.45, 7) is 24.7. The summed E-state index contributed by atoms with van der Waals surface area (Å²) in [5.41, 5.74) is 26.6. The summed E-state index contributed by atoms with van der Waals surface area (Å²) in [5.74, 6) is 0.301. The molecule has 0 saturated heterocycles. The van der Waals surface area contributed by atoms with E-state index in [-0.39, 0.29) is 33.9 Å². The smallest absolute Gasteiger partial charge is 0.252 e. The standard InChI is InChI=1S/C99H81BN4O2/c1-59(2)63-36-45-80-74(51-63)75-53-65(97(3,4)5)37-46-81(75)101(80)68-40-44-79-85(56-68)104(96-71(62-29-19-14-20-30-62)42-50-91-93(96)73-32-22-24-34-89(73)106-91)87-58-69(102-82-47-38-66(98(6,7)8)54-76(82)77-55-67(99(9,10)11)39-48-83(77)102)57-86-94(87)100(79)78-43-35-64(60-25-15-12-16-26-60)52-84(78)103(86)95-70(61-27-17-13-18-28-61)41-49-90-92(95)72-31-21-23-33-88(72)105-90/h12-59H,1-11H3/i12D,15D,16D,25D,26D. The minimum absolute atomic E-state index is 0.113. The highest BCUT2D eigenvalue weighted by Crippen LogP contribution is 2.56. The van der Waals surface area contributed by atoms with Crippen molar-refractivity contribution in [1.29, 1.82) is 0 Å². The molecule has 2 aliphatic heterocycles. The van der Waals surface area contributed by atoms with Gasteiger partial charge in [-0.15, -0.1) is 0 Å². The Bertz CT molecular complexity index is 6920. The molecule has 0 bridgehead atoms. The second-order valence-electron chi connectivity index (χ2n) is 32.7. The molecule has 0 amide bonds. The fourth-order valence-electron chi connectivity index (χ4n) is 17.4. The highest BCUT2D eigenvalue weighted by Gasteiger charge is 2.46. The molecule has 4 aromatic heterocycles. The third-order valence-corrected chi connectivity index (χ3v) is 22.8. The Morgan fingerprint density at radius 3 is 1.25 bits per heavy atom. The van der Waals surface area contributed by atoms with Crippen LogP contribution >= 0.6 is 0 Å². The number of nitrogens with zero attached hydrogens (tertiary/aromatic N) is 4. The number of fused-ring (bicyclic) bond motifs is 16. The Morgan fingerprint density at radius 2 is 0.764 bits per heavy atom. The van der Waals surface area contributed by atoms with Crippen LogP contribution < -0.4 is 26.2 Å². The largest absolute Gasteiger partial charge is 0.456 e. The van der Waals surface area contributed by atoms with E-state index in [1.807, 2.05) is 18.2 Å². The Balaban J connectivity index is 1.01. The van der Waals surface area contributed by atoms with Crippen LogP contribution in [0, 0.1) is 0 Å². The van der Waals surface area contributed by atoms with E-state index < -0.39 is 24.8 Å². The van der Waals surface area contributed by atoms with Gasteiger partial charge in [-0.25, -0.2) is 0 Å². The van der Waals surface area contributed by atoms with Crippen LogP contribution in [0.25, 0.3) is 132 Å². The summed E-state index contributed by atoms with van der Waals surface area (Å²) in [7, 11) is 0. The van der Waals surface area contributed by atoms with E-state index in [1.165, 1.54) is 33.0 Å². The highest BCUT2D eigenvalue weighted by atomic mass is 16.3. The van der Waals surface area contributed by atoms with E-state index in [0.717, 1.165) is 155 Å². The number of furan rings is 2. The quantitative estimate of drug-likeness (QED) is 0.142. The molecule has 0 N–H and O–H groups in total. The third kappa shape index (κ3) is 9.70. The fraction of sp³-hybridized carbons (Fsp3) is 0.152. The predicted octanol–water partition coefficient (Wildman–Crippen LogP) is 25.8. The summed E-state index contributed by atoms with van der Waals surface area (Å²) in [5, 5.41) is 8.44. The van der Waals surface area contributed by atoms with Gasteiger partial charge in [0.05, 0.1) is 56.8 Å². The second kappa shape index (κ2) is 23.2. The van der Waals surface area contributed by atoms with Gasteiger partial charge in [0.25, 0.3) is 6.71 Å². The zero-order valence-corrected chi connectivity index (χ0v) is 61.5. The van der Waals surface area contributed by atoms with E-state index in [1.54, 1.807) is 0 Å². The molecule has 2 aliphatic rings. The van der Waals surface area contributed by atoms with Gasteiger partial charge in [0.2, 0.25) is 0 Å². The summed E-state index contributed by atoms with van der Waals surface area (Å²) >= 11 is 0. The van der Waals surface area contributed by atoms with Crippen LogP contribution in [0.3, 0.4) is 0 Å². The Labute approximate surface area is 626 Å². The lowest BCUT2D eigenvalue weighted by molar-refractivity contribution is 0.590. The van der Waals surface area contributed by atoms with Crippen molar-refractivity contribution in [2.45, 2.75) is 98.3 Å². The van der Waals surface area contributed by atoms with Gasteiger partial charge < -0.3 is 27.8 Å². The molecule has 0 fully saturated rings. The lowest BCUT2D eigenvalue weighted by Gasteiger charge is -2.45. The van der Waals surface area contributed by atoms with Crippen LogP contribution in [0.2, 0.25) is 0 Å². The van der Waals surface area contributed by atoms with Crippen molar-refractivity contribution in [3.8, 4) is 44.8 Å². The van der Waals surface area contributed by atoms with Crippen molar-refractivity contribution in [3.05, 3.63) is 307 Å². The minimum atomic E-state index is -0.506. The molecule has 20 rings (SSSR count). The average Bonchev–Trinajstić information content (AvgIpc) is 1.53. The van der Waals surface area contributed by atoms with Crippen molar-refractivity contribution in [2.24, 2.45) is 0 Å². The molecule has 0 radical (unpaired) electrons. The Morgan fingerprint density at radius 1 is 0.340 bits per heavy atom. The summed E-state index contributed by atoms with van der Waals surface area (Å²) in [4.78, 5) is 5.04. The first kappa shape index (κ1) is 58.3. The van der Waals surface area contributed by atoms with E-state index >= 15 is 0 Å². The number of hydrogen-bond donors (Lipinski definition) is 0. The molecule has 14 aromatic carbocycles. The van der Waals surface area contributed by atoms with Crippen molar-refractivity contribution in [1.82, 2.24) is 9.13 Å². The highest BCUT2D eigenvalue weighted by molar-refractivity contribution is 7.00. The number of para-hydroxylation sites is 2. The lowest BCUT2D eigenvalue weighted by atomic mass is 9.33. The molecule has 512 valence electrons.